The average molecular weight is 262 g/mol. The van der Waals surface area contributed by atoms with Gasteiger partial charge in [0.05, 0.1) is 25.0 Å². The molecule has 0 bridgehead atoms. The molecule has 0 unspecified atom stereocenters. The van der Waals surface area contributed by atoms with Crippen LogP contribution in [0.3, 0.4) is 0 Å². The molecule has 0 saturated carbocycles. The number of hydrogen-bond donors (Lipinski definition) is 0. The summed E-state index contributed by atoms with van der Waals surface area (Å²) < 4.78 is 30.5. The van der Waals surface area contributed by atoms with Gasteiger partial charge in [0.1, 0.15) is 23.4 Å². The Morgan fingerprint density at radius 1 is 1.11 bits per heavy atom. The highest BCUT2D eigenvalue weighted by atomic mass is 19.1. The number of ether oxygens (including phenoxy) is 2. The molecule has 1 aliphatic rings. The van der Waals surface area contributed by atoms with Crippen molar-refractivity contribution in [1.29, 1.82) is 0 Å². The average Bonchev–Trinajstić information content (AvgIpc) is 2.94. The van der Waals surface area contributed by atoms with E-state index in [1.165, 1.54) is 12.3 Å². The van der Waals surface area contributed by atoms with E-state index in [2.05, 4.69) is 0 Å². The van der Waals surface area contributed by atoms with Gasteiger partial charge in [0.25, 0.3) is 0 Å². The van der Waals surface area contributed by atoms with Crippen molar-refractivity contribution < 1.29 is 18.3 Å². The fourth-order valence-electron chi connectivity index (χ4n) is 2.24. The molecule has 0 aliphatic carbocycles. The van der Waals surface area contributed by atoms with Crippen LogP contribution in [-0.4, -0.2) is 19.3 Å². The first kappa shape index (κ1) is 12.2. The maximum Gasteiger partial charge on any atom is 0.140 e. The summed E-state index contributed by atoms with van der Waals surface area (Å²) in [5.41, 5.74) is 0.388. The molecular formula is C15H15FO3. The lowest BCUT2D eigenvalue weighted by Crippen LogP contribution is -2.26. The summed E-state index contributed by atoms with van der Waals surface area (Å²) in [6.07, 6.45) is 3.26. The molecule has 4 heteroatoms. The Morgan fingerprint density at radius 2 is 1.95 bits per heavy atom. The fraction of sp³-hybridized carbons (Fsp3) is 0.333. The summed E-state index contributed by atoms with van der Waals surface area (Å²) in [5, 5.41) is 0. The minimum Gasteiger partial charge on any atom is -0.489 e. The van der Waals surface area contributed by atoms with Gasteiger partial charge in [0.2, 0.25) is 0 Å². The zero-order chi connectivity index (χ0) is 13.1. The van der Waals surface area contributed by atoms with Crippen molar-refractivity contribution in [3.05, 3.63) is 42.4 Å². The first-order valence-corrected chi connectivity index (χ1v) is 6.41. The van der Waals surface area contributed by atoms with Gasteiger partial charge < -0.3 is 13.9 Å². The van der Waals surface area contributed by atoms with Crippen LogP contribution in [0, 0.1) is 5.82 Å². The normalized spacial score (nSPS) is 16.5. The fourth-order valence-corrected chi connectivity index (χ4v) is 2.24. The van der Waals surface area contributed by atoms with Gasteiger partial charge in [0, 0.05) is 12.8 Å². The van der Waals surface area contributed by atoms with Crippen molar-refractivity contribution in [2.24, 2.45) is 0 Å². The molecule has 0 amide bonds. The van der Waals surface area contributed by atoms with Gasteiger partial charge in [-0.2, -0.15) is 0 Å². The van der Waals surface area contributed by atoms with Gasteiger partial charge >= 0.3 is 0 Å². The van der Waals surface area contributed by atoms with Crippen LogP contribution in [0.5, 0.6) is 5.75 Å². The third-order valence-electron chi connectivity index (χ3n) is 3.20. The van der Waals surface area contributed by atoms with E-state index >= 15 is 0 Å². The molecule has 0 radical (unpaired) electrons. The van der Waals surface area contributed by atoms with Crippen LogP contribution in [0.4, 0.5) is 4.39 Å². The van der Waals surface area contributed by atoms with E-state index in [0.717, 1.165) is 12.8 Å². The minimum absolute atomic E-state index is 0.0734. The van der Waals surface area contributed by atoms with Crippen molar-refractivity contribution in [2.75, 3.05) is 13.2 Å². The topological polar surface area (TPSA) is 31.6 Å². The van der Waals surface area contributed by atoms with Crippen molar-refractivity contribution >= 4 is 0 Å². The molecule has 19 heavy (non-hydrogen) atoms. The summed E-state index contributed by atoms with van der Waals surface area (Å²) >= 11 is 0. The molecule has 0 N–H and O–H groups in total. The second-order valence-electron chi connectivity index (χ2n) is 4.52. The molecule has 1 aromatic carbocycles. The molecule has 3 nitrogen and oxygen atoms in total. The Morgan fingerprint density at radius 3 is 2.68 bits per heavy atom. The number of benzene rings is 1. The predicted molar refractivity (Wildman–Crippen MR) is 68.6 cm³/mol. The standard InChI is InChI=1S/C15H15FO3/c16-12-3-1-4-14(15(12)13-5-2-8-18-13)19-11-6-9-17-10-7-11/h1-5,8,11H,6-7,9-10H2. The number of rotatable bonds is 3. The molecule has 1 saturated heterocycles. The molecule has 2 heterocycles. The third-order valence-corrected chi connectivity index (χ3v) is 3.20. The predicted octanol–water partition coefficient (Wildman–Crippen LogP) is 3.64. The van der Waals surface area contributed by atoms with Crippen LogP contribution >= 0.6 is 0 Å². The van der Waals surface area contributed by atoms with E-state index in [4.69, 9.17) is 13.9 Å². The lowest BCUT2D eigenvalue weighted by atomic mass is 10.1. The van der Waals surface area contributed by atoms with Gasteiger partial charge in [-0.25, -0.2) is 4.39 Å². The molecule has 1 aliphatic heterocycles. The lowest BCUT2D eigenvalue weighted by Gasteiger charge is -2.24. The zero-order valence-corrected chi connectivity index (χ0v) is 10.5. The Balaban J connectivity index is 1.90. The third kappa shape index (κ3) is 2.63. The van der Waals surface area contributed by atoms with Gasteiger partial charge in [0.15, 0.2) is 0 Å². The molecular weight excluding hydrogens is 247 g/mol. The largest absolute Gasteiger partial charge is 0.489 e. The van der Waals surface area contributed by atoms with Crippen molar-refractivity contribution in [3.63, 3.8) is 0 Å². The smallest absolute Gasteiger partial charge is 0.140 e. The van der Waals surface area contributed by atoms with Gasteiger partial charge in [-0.05, 0) is 24.3 Å². The molecule has 2 aromatic rings. The molecule has 1 fully saturated rings. The highest BCUT2D eigenvalue weighted by Gasteiger charge is 2.20. The zero-order valence-electron chi connectivity index (χ0n) is 10.5. The van der Waals surface area contributed by atoms with E-state index in [1.807, 2.05) is 0 Å². The molecule has 100 valence electrons. The Labute approximate surface area is 110 Å². The maximum atomic E-state index is 14.0. The van der Waals surface area contributed by atoms with Gasteiger partial charge in [-0.1, -0.05) is 6.07 Å². The van der Waals surface area contributed by atoms with E-state index in [-0.39, 0.29) is 11.9 Å². The van der Waals surface area contributed by atoms with Crippen LogP contribution in [-0.2, 0) is 4.74 Å². The lowest BCUT2D eigenvalue weighted by molar-refractivity contribution is 0.0256. The monoisotopic (exact) mass is 262 g/mol. The molecule has 0 atom stereocenters. The second kappa shape index (κ2) is 5.45. The Hall–Kier alpha value is -1.81. The number of hydrogen-bond acceptors (Lipinski definition) is 3. The van der Waals surface area contributed by atoms with Crippen LogP contribution < -0.4 is 4.74 Å². The Kier molecular flexibility index (Phi) is 3.51. The van der Waals surface area contributed by atoms with E-state index in [0.29, 0.717) is 30.3 Å². The molecule has 0 spiro atoms. The maximum absolute atomic E-state index is 14.0. The number of halogens is 1. The summed E-state index contributed by atoms with van der Waals surface area (Å²) in [6.45, 7) is 1.38. The minimum atomic E-state index is -0.334. The Bertz CT molecular complexity index is 530. The van der Waals surface area contributed by atoms with Crippen LogP contribution in [0.2, 0.25) is 0 Å². The van der Waals surface area contributed by atoms with E-state index in [9.17, 15) is 4.39 Å². The van der Waals surface area contributed by atoms with Crippen LogP contribution in [0.25, 0.3) is 11.3 Å². The van der Waals surface area contributed by atoms with Gasteiger partial charge in [-0.3, -0.25) is 0 Å². The quantitative estimate of drug-likeness (QED) is 0.846. The molecule has 3 rings (SSSR count). The van der Waals surface area contributed by atoms with Gasteiger partial charge in [-0.15, -0.1) is 0 Å². The highest BCUT2D eigenvalue weighted by molar-refractivity contribution is 5.66. The summed E-state index contributed by atoms with van der Waals surface area (Å²) in [6, 6.07) is 8.30. The van der Waals surface area contributed by atoms with Crippen LogP contribution in [0.15, 0.2) is 41.0 Å². The van der Waals surface area contributed by atoms with E-state index in [1.54, 1.807) is 24.3 Å². The summed E-state index contributed by atoms with van der Waals surface area (Å²) in [7, 11) is 0. The van der Waals surface area contributed by atoms with E-state index < -0.39 is 0 Å². The SMILES string of the molecule is Fc1cccc(OC2CCOCC2)c1-c1ccco1. The number of furan rings is 1. The molecule has 1 aromatic heterocycles. The van der Waals surface area contributed by atoms with Crippen LogP contribution in [0.1, 0.15) is 12.8 Å². The first-order valence-electron chi connectivity index (χ1n) is 6.41. The van der Waals surface area contributed by atoms with Crippen molar-refractivity contribution in [3.8, 4) is 17.1 Å². The first-order chi connectivity index (χ1) is 9.34. The highest BCUT2D eigenvalue weighted by Crippen LogP contribution is 2.34. The van der Waals surface area contributed by atoms with Crippen molar-refractivity contribution in [2.45, 2.75) is 18.9 Å². The summed E-state index contributed by atoms with van der Waals surface area (Å²) in [4.78, 5) is 0. The summed E-state index contributed by atoms with van der Waals surface area (Å²) in [5.74, 6) is 0.682. The van der Waals surface area contributed by atoms with Crippen molar-refractivity contribution in [1.82, 2.24) is 0 Å². The second-order valence-corrected chi connectivity index (χ2v) is 4.52.